The lowest BCUT2D eigenvalue weighted by molar-refractivity contribution is -0.115. The number of aromatic nitrogens is 1. The molecule has 3 rings (SSSR count). The van der Waals surface area contributed by atoms with E-state index < -0.39 is 0 Å². The molecule has 1 aromatic heterocycles. The zero-order chi connectivity index (χ0) is 17.8. The van der Waals surface area contributed by atoms with Crippen LogP contribution in [0.25, 0.3) is 11.3 Å². The van der Waals surface area contributed by atoms with Gasteiger partial charge in [0.1, 0.15) is 5.75 Å². The van der Waals surface area contributed by atoms with Crippen LogP contribution in [0.2, 0.25) is 0 Å². The third kappa shape index (κ3) is 4.25. The molecule has 25 heavy (non-hydrogen) atoms. The van der Waals surface area contributed by atoms with Crippen molar-refractivity contribution >= 4 is 22.9 Å². The van der Waals surface area contributed by atoms with E-state index in [2.05, 4.69) is 10.3 Å². The monoisotopic (exact) mass is 352 g/mol. The van der Waals surface area contributed by atoms with E-state index >= 15 is 0 Å². The fourth-order valence-corrected chi connectivity index (χ4v) is 3.28. The molecule has 1 N–H and O–H groups in total. The predicted octanol–water partition coefficient (Wildman–Crippen LogP) is 4.62. The van der Waals surface area contributed by atoms with E-state index in [0.29, 0.717) is 6.42 Å². The fraction of sp³-hybridized carbons (Fsp3) is 0.200. The highest BCUT2D eigenvalue weighted by atomic mass is 32.1. The summed E-state index contributed by atoms with van der Waals surface area (Å²) in [6, 6.07) is 13.5. The van der Waals surface area contributed by atoms with Crippen molar-refractivity contribution in [2.75, 3.05) is 12.4 Å². The van der Waals surface area contributed by atoms with Crippen LogP contribution in [0.15, 0.2) is 47.8 Å². The van der Waals surface area contributed by atoms with Gasteiger partial charge in [-0.2, -0.15) is 0 Å². The summed E-state index contributed by atoms with van der Waals surface area (Å²) >= 11 is 1.63. The third-order valence-corrected chi connectivity index (χ3v) is 4.68. The molecule has 0 fully saturated rings. The first-order valence-corrected chi connectivity index (χ1v) is 8.89. The summed E-state index contributed by atoms with van der Waals surface area (Å²) in [4.78, 5) is 16.7. The van der Waals surface area contributed by atoms with Gasteiger partial charge < -0.3 is 10.1 Å². The molecule has 1 heterocycles. The van der Waals surface area contributed by atoms with Crippen molar-refractivity contribution in [1.82, 2.24) is 4.98 Å². The maximum atomic E-state index is 12.3. The van der Waals surface area contributed by atoms with Crippen molar-refractivity contribution in [3.05, 3.63) is 64.0 Å². The van der Waals surface area contributed by atoms with Crippen molar-refractivity contribution in [1.29, 1.82) is 0 Å². The lowest BCUT2D eigenvalue weighted by Crippen LogP contribution is -2.14. The van der Waals surface area contributed by atoms with Crippen LogP contribution in [-0.2, 0) is 11.2 Å². The number of carbonyl (C=O) groups excluding carboxylic acids is 1. The van der Waals surface area contributed by atoms with E-state index in [0.717, 1.165) is 38.8 Å². The Balaban J connectivity index is 1.64. The number of nitrogens with zero attached hydrogens (tertiary/aromatic N) is 1. The second-order valence-corrected chi connectivity index (χ2v) is 6.92. The molecule has 1 amide bonds. The van der Waals surface area contributed by atoms with Crippen LogP contribution >= 0.6 is 11.3 Å². The molecule has 4 nitrogen and oxygen atoms in total. The Hall–Kier alpha value is -2.66. The Labute approximate surface area is 151 Å². The minimum absolute atomic E-state index is 0.0400. The van der Waals surface area contributed by atoms with Gasteiger partial charge in [-0.15, -0.1) is 11.3 Å². The highest BCUT2D eigenvalue weighted by Gasteiger charge is 2.07. The number of hydrogen-bond acceptors (Lipinski definition) is 4. The third-order valence-electron chi connectivity index (χ3n) is 3.91. The molecule has 2 aromatic carbocycles. The normalized spacial score (nSPS) is 10.5. The second-order valence-electron chi connectivity index (χ2n) is 5.86. The van der Waals surface area contributed by atoms with E-state index in [4.69, 9.17) is 4.74 Å². The Morgan fingerprint density at radius 2 is 1.92 bits per heavy atom. The van der Waals surface area contributed by atoms with Crippen LogP contribution in [0.3, 0.4) is 0 Å². The van der Waals surface area contributed by atoms with Crippen LogP contribution in [0, 0.1) is 13.8 Å². The van der Waals surface area contributed by atoms with Crippen LogP contribution in [0.5, 0.6) is 5.75 Å². The van der Waals surface area contributed by atoms with Crippen LogP contribution in [-0.4, -0.2) is 18.0 Å². The van der Waals surface area contributed by atoms with Crippen molar-refractivity contribution in [2.24, 2.45) is 0 Å². The number of anilines is 1. The van der Waals surface area contributed by atoms with Crippen molar-refractivity contribution in [3.8, 4) is 17.0 Å². The zero-order valence-corrected chi connectivity index (χ0v) is 15.3. The van der Waals surface area contributed by atoms with Gasteiger partial charge in [-0.05, 0) is 43.2 Å². The van der Waals surface area contributed by atoms with E-state index in [1.165, 1.54) is 0 Å². The molecule has 0 bridgehead atoms. The second kappa shape index (κ2) is 7.49. The average Bonchev–Trinajstić information content (AvgIpc) is 3.02. The van der Waals surface area contributed by atoms with Gasteiger partial charge in [-0.1, -0.05) is 24.3 Å². The lowest BCUT2D eigenvalue weighted by atomic mass is 10.1. The highest BCUT2D eigenvalue weighted by Crippen LogP contribution is 2.23. The van der Waals surface area contributed by atoms with Crippen molar-refractivity contribution in [3.63, 3.8) is 0 Å². The van der Waals surface area contributed by atoms with Gasteiger partial charge in [-0.3, -0.25) is 4.79 Å². The number of rotatable bonds is 5. The molecule has 0 aliphatic carbocycles. The molecule has 0 spiro atoms. The number of nitrogens with one attached hydrogen (secondary N) is 1. The summed E-state index contributed by atoms with van der Waals surface area (Å²) in [5.41, 5.74) is 4.79. The van der Waals surface area contributed by atoms with Gasteiger partial charge in [0.15, 0.2) is 0 Å². The largest absolute Gasteiger partial charge is 0.496 e. The fourth-order valence-electron chi connectivity index (χ4n) is 2.66. The molecular formula is C20H20N2O2S. The van der Waals surface area contributed by atoms with Crippen molar-refractivity contribution < 1.29 is 9.53 Å². The number of thiazole rings is 1. The molecule has 3 aromatic rings. The molecule has 0 radical (unpaired) electrons. The van der Waals surface area contributed by atoms with Gasteiger partial charge in [-0.25, -0.2) is 4.98 Å². The Morgan fingerprint density at radius 1 is 1.16 bits per heavy atom. The molecule has 0 saturated heterocycles. The summed E-state index contributed by atoms with van der Waals surface area (Å²) in [5.74, 6) is 0.791. The smallest absolute Gasteiger partial charge is 0.228 e. The molecule has 0 unspecified atom stereocenters. The van der Waals surface area contributed by atoms with Gasteiger partial charge in [0.2, 0.25) is 5.91 Å². The summed E-state index contributed by atoms with van der Waals surface area (Å²) in [6.07, 6.45) is 0.331. The Bertz CT molecular complexity index is 885. The average molecular weight is 352 g/mol. The molecule has 0 aliphatic heterocycles. The minimum Gasteiger partial charge on any atom is -0.496 e. The maximum Gasteiger partial charge on any atom is 0.228 e. The van der Waals surface area contributed by atoms with Gasteiger partial charge in [0.25, 0.3) is 0 Å². The molecule has 128 valence electrons. The van der Waals surface area contributed by atoms with Crippen LogP contribution in [0.1, 0.15) is 16.1 Å². The summed E-state index contributed by atoms with van der Waals surface area (Å²) < 4.78 is 5.24. The number of amides is 1. The molecule has 0 atom stereocenters. The summed E-state index contributed by atoms with van der Waals surface area (Å²) in [5, 5.41) is 6.01. The van der Waals surface area contributed by atoms with E-state index in [-0.39, 0.29) is 5.91 Å². The first kappa shape index (κ1) is 17.2. The number of hydrogen-bond donors (Lipinski definition) is 1. The number of carbonyl (C=O) groups is 1. The van der Waals surface area contributed by atoms with Crippen LogP contribution < -0.4 is 10.1 Å². The lowest BCUT2D eigenvalue weighted by Gasteiger charge is -2.09. The summed E-state index contributed by atoms with van der Waals surface area (Å²) in [6.45, 7) is 3.96. The van der Waals surface area contributed by atoms with E-state index in [1.807, 2.05) is 61.7 Å². The van der Waals surface area contributed by atoms with Gasteiger partial charge in [0, 0.05) is 16.6 Å². The highest BCUT2D eigenvalue weighted by molar-refractivity contribution is 7.09. The van der Waals surface area contributed by atoms with Crippen LogP contribution in [0.4, 0.5) is 5.69 Å². The Morgan fingerprint density at radius 3 is 2.52 bits per heavy atom. The number of methoxy groups -OCH3 is 1. The van der Waals surface area contributed by atoms with Crippen molar-refractivity contribution in [2.45, 2.75) is 20.3 Å². The first-order valence-electron chi connectivity index (χ1n) is 8.01. The van der Waals surface area contributed by atoms with Gasteiger partial charge in [0.05, 0.1) is 24.2 Å². The zero-order valence-electron chi connectivity index (χ0n) is 14.5. The molecule has 5 heteroatoms. The molecule has 0 aliphatic rings. The number of aryl methyl sites for hydroxylation is 2. The topological polar surface area (TPSA) is 51.2 Å². The predicted molar refractivity (Wildman–Crippen MR) is 102 cm³/mol. The first-order chi connectivity index (χ1) is 12.0. The molecule has 0 saturated carbocycles. The summed E-state index contributed by atoms with van der Waals surface area (Å²) in [7, 11) is 1.64. The SMILES string of the molecule is COc1ccc(CC(=O)Nc2ccc(-c3csc(C)n3)cc2)cc1C. The van der Waals surface area contributed by atoms with E-state index in [1.54, 1.807) is 18.4 Å². The minimum atomic E-state index is -0.0400. The number of benzene rings is 2. The standard InChI is InChI=1S/C20H20N2O2S/c1-13-10-15(4-9-19(13)24-3)11-20(23)22-17-7-5-16(6-8-17)18-12-25-14(2)21-18/h4-10,12H,11H2,1-3H3,(H,22,23). The van der Waals surface area contributed by atoms with E-state index in [9.17, 15) is 4.79 Å². The Kier molecular flexibility index (Phi) is 5.14. The molecular weight excluding hydrogens is 332 g/mol. The number of ether oxygens (including phenoxy) is 1. The van der Waals surface area contributed by atoms with Gasteiger partial charge >= 0.3 is 0 Å². The quantitative estimate of drug-likeness (QED) is 0.729. The maximum absolute atomic E-state index is 12.3.